The van der Waals surface area contributed by atoms with Crippen LogP contribution in [0.5, 0.6) is 0 Å². The highest BCUT2D eigenvalue weighted by Gasteiger charge is 2.47. The summed E-state index contributed by atoms with van der Waals surface area (Å²) < 4.78 is 0. The van der Waals surface area contributed by atoms with Crippen LogP contribution in [0.3, 0.4) is 0 Å². The normalized spacial score (nSPS) is 21.1. The minimum Gasteiger partial charge on any atom is -0.275 e. The summed E-state index contributed by atoms with van der Waals surface area (Å²) in [5.41, 5.74) is -1.05. The SMILES string of the molecule is CC(=O)N1C(=O)NC(=O)C1(C)C. The second kappa shape index (κ2) is 2.30. The number of hydrogen-bond acceptors (Lipinski definition) is 3. The van der Waals surface area contributed by atoms with Crippen LogP contribution in [0, 0.1) is 0 Å². The van der Waals surface area contributed by atoms with Gasteiger partial charge in [-0.3, -0.25) is 14.9 Å². The molecular formula is C7H10N2O3. The molecule has 0 radical (unpaired) electrons. The average molecular weight is 170 g/mol. The molecule has 0 bridgehead atoms. The van der Waals surface area contributed by atoms with Crippen molar-refractivity contribution < 1.29 is 14.4 Å². The van der Waals surface area contributed by atoms with E-state index >= 15 is 0 Å². The molecule has 1 rings (SSSR count). The van der Waals surface area contributed by atoms with Crippen LogP contribution in [0.2, 0.25) is 0 Å². The third kappa shape index (κ3) is 0.975. The van der Waals surface area contributed by atoms with Crippen LogP contribution in [-0.4, -0.2) is 28.3 Å². The van der Waals surface area contributed by atoms with E-state index in [0.717, 1.165) is 4.90 Å². The Morgan fingerprint density at radius 1 is 1.42 bits per heavy atom. The van der Waals surface area contributed by atoms with Crippen LogP contribution in [0.1, 0.15) is 20.8 Å². The molecule has 0 aromatic rings. The fourth-order valence-corrected chi connectivity index (χ4v) is 1.20. The summed E-state index contributed by atoms with van der Waals surface area (Å²) in [6.07, 6.45) is 0. The molecule has 1 N–H and O–H groups in total. The van der Waals surface area contributed by atoms with Gasteiger partial charge in [-0.1, -0.05) is 0 Å². The molecule has 5 heteroatoms. The highest BCUT2D eigenvalue weighted by atomic mass is 16.2. The van der Waals surface area contributed by atoms with Gasteiger partial charge in [0, 0.05) is 6.92 Å². The lowest BCUT2D eigenvalue weighted by molar-refractivity contribution is -0.135. The van der Waals surface area contributed by atoms with Crippen molar-refractivity contribution in [1.82, 2.24) is 10.2 Å². The van der Waals surface area contributed by atoms with Crippen LogP contribution in [0.4, 0.5) is 4.79 Å². The van der Waals surface area contributed by atoms with Crippen LogP contribution < -0.4 is 5.32 Å². The van der Waals surface area contributed by atoms with E-state index < -0.39 is 23.4 Å². The Balaban J connectivity index is 3.07. The topological polar surface area (TPSA) is 66.5 Å². The van der Waals surface area contributed by atoms with Gasteiger partial charge in [-0.05, 0) is 13.8 Å². The lowest BCUT2D eigenvalue weighted by Crippen LogP contribution is -2.46. The molecular weight excluding hydrogens is 160 g/mol. The third-order valence-corrected chi connectivity index (χ3v) is 1.85. The first kappa shape index (κ1) is 8.70. The van der Waals surface area contributed by atoms with Gasteiger partial charge in [-0.15, -0.1) is 0 Å². The van der Waals surface area contributed by atoms with Crippen molar-refractivity contribution in [2.75, 3.05) is 0 Å². The zero-order valence-electron chi connectivity index (χ0n) is 7.17. The zero-order valence-corrected chi connectivity index (χ0v) is 7.17. The van der Waals surface area contributed by atoms with Crippen molar-refractivity contribution in [1.29, 1.82) is 0 Å². The molecule has 0 spiro atoms. The predicted molar refractivity (Wildman–Crippen MR) is 40.1 cm³/mol. The highest BCUT2D eigenvalue weighted by Crippen LogP contribution is 2.20. The number of imide groups is 2. The molecule has 1 aliphatic rings. The highest BCUT2D eigenvalue weighted by molar-refractivity contribution is 6.13. The zero-order chi connectivity index (χ0) is 9.52. The van der Waals surface area contributed by atoms with Gasteiger partial charge >= 0.3 is 6.03 Å². The number of nitrogens with zero attached hydrogens (tertiary/aromatic N) is 1. The molecule has 1 saturated heterocycles. The maximum atomic E-state index is 11.1. The second-order valence-electron chi connectivity index (χ2n) is 3.17. The molecule has 1 heterocycles. The number of amides is 4. The molecule has 0 aromatic heterocycles. The van der Waals surface area contributed by atoms with E-state index in [1.54, 1.807) is 0 Å². The molecule has 0 aliphatic carbocycles. The minimum absolute atomic E-state index is 0.427. The maximum absolute atomic E-state index is 11.1. The lowest BCUT2D eigenvalue weighted by Gasteiger charge is -2.24. The van der Waals surface area contributed by atoms with Gasteiger partial charge in [0.1, 0.15) is 5.54 Å². The van der Waals surface area contributed by atoms with E-state index in [0.29, 0.717) is 0 Å². The monoisotopic (exact) mass is 170 g/mol. The summed E-state index contributed by atoms with van der Waals surface area (Å²) >= 11 is 0. The molecule has 0 aromatic carbocycles. The standard InChI is InChI=1S/C7H10N2O3/c1-4(10)9-6(12)8-5(11)7(9,2)3/h1-3H3,(H,8,11,12). The molecule has 4 amide bonds. The van der Waals surface area contributed by atoms with Crippen molar-refractivity contribution in [3.05, 3.63) is 0 Å². The van der Waals surface area contributed by atoms with E-state index in [1.165, 1.54) is 20.8 Å². The first-order valence-electron chi connectivity index (χ1n) is 3.53. The van der Waals surface area contributed by atoms with Gasteiger partial charge in [0.05, 0.1) is 0 Å². The van der Waals surface area contributed by atoms with Gasteiger partial charge < -0.3 is 0 Å². The molecule has 1 fully saturated rings. The van der Waals surface area contributed by atoms with Crippen LogP contribution in [0.15, 0.2) is 0 Å². The number of nitrogens with one attached hydrogen (secondary N) is 1. The van der Waals surface area contributed by atoms with E-state index in [2.05, 4.69) is 5.32 Å². The fraction of sp³-hybridized carbons (Fsp3) is 0.571. The number of carbonyl (C=O) groups excluding carboxylic acids is 3. The molecule has 5 nitrogen and oxygen atoms in total. The Morgan fingerprint density at radius 3 is 2.08 bits per heavy atom. The Hall–Kier alpha value is -1.39. The third-order valence-electron chi connectivity index (χ3n) is 1.85. The summed E-state index contributed by atoms with van der Waals surface area (Å²) in [6, 6.07) is -0.641. The Morgan fingerprint density at radius 2 is 1.92 bits per heavy atom. The predicted octanol–water partition coefficient (Wildman–Crippen LogP) is -0.137. The van der Waals surface area contributed by atoms with Crippen molar-refractivity contribution in [3.63, 3.8) is 0 Å². The van der Waals surface area contributed by atoms with Crippen molar-refractivity contribution in [3.8, 4) is 0 Å². The number of carbonyl (C=O) groups is 3. The Labute approximate surface area is 69.7 Å². The molecule has 0 unspecified atom stereocenters. The van der Waals surface area contributed by atoms with Crippen molar-refractivity contribution in [2.45, 2.75) is 26.3 Å². The van der Waals surface area contributed by atoms with E-state index in [4.69, 9.17) is 0 Å². The lowest BCUT2D eigenvalue weighted by atomic mass is 10.0. The summed E-state index contributed by atoms with van der Waals surface area (Å²) in [5.74, 6) is -0.869. The van der Waals surface area contributed by atoms with Crippen LogP contribution >= 0.6 is 0 Å². The Bertz CT molecular complexity index is 270. The maximum Gasteiger partial charge on any atom is 0.331 e. The quantitative estimate of drug-likeness (QED) is 0.515. The first-order valence-corrected chi connectivity index (χ1v) is 3.53. The second-order valence-corrected chi connectivity index (χ2v) is 3.17. The summed E-state index contributed by atoms with van der Waals surface area (Å²) in [6.45, 7) is 4.29. The summed E-state index contributed by atoms with van der Waals surface area (Å²) in [5, 5.41) is 2.07. The first-order chi connectivity index (χ1) is 5.37. The van der Waals surface area contributed by atoms with E-state index in [-0.39, 0.29) is 0 Å². The van der Waals surface area contributed by atoms with Crippen LogP contribution in [-0.2, 0) is 9.59 Å². The van der Waals surface area contributed by atoms with Crippen molar-refractivity contribution >= 4 is 17.8 Å². The number of hydrogen-bond donors (Lipinski definition) is 1. The van der Waals surface area contributed by atoms with Gasteiger partial charge in [0.15, 0.2) is 0 Å². The largest absolute Gasteiger partial charge is 0.331 e. The number of rotatable bonds is 0. The van der Waals surface area contributed by atoms with Gasteiger partial charge in [-0.2, -0.15) is 0 Å². The molecule has 66 valence electrons. The molecule has 12 heavy (non-hydrogen) atoms. The molecule has 0 saturated carbocycles. The van der Waals surface area contributed by atoms with Crippen molar-refractivity contribution in [2.24, 2.45) is 0 Å². The van der Waals surface area contributed by atoms with Gasteiger partial charge in [0.25, 0.3) is 5.91 Å². The smallest absolute Gasteiger partial charge is 0.275 e. The molecule has 1 aliphatic heterocycles. The minimum atomic E-state index is -1.05. The average Bonchev–Trinajstić information content (AvgIpc) is 2.02. The summed E-state index contributed by atoms with van der Waals surface area (Å²) in [4.78, 5) is 34.0. The van der Waals surface area contributed by atoms with E-state index in [1.807, 2.05) is 0 Å². The fourth-order valence-electron chi connectivity index (χ4n) is 1.20. The van der Waals surface area contributed by atoms with E-state index in [9.17, 15) is 14.4 Å². The molecule has 0 atom stereocenters. The van der Waals surface area contributed by atoms with Gasteiger partial charge in [-0.25, -0.2) is 9.69 Å². The van der Waals surface area contributed by atoms with Crippen LogP contribution in [0.25, 0.3) is 0 Å². The Kier molecular flexibility index (Phi) is 1.67. The number of urea groups is 1. The summed E-state index contributed by atoms with van der Waals surface area (Å²) in [7, 11) is 0. The van der Waals surface area contributed by atoms with Gasteiger partial charge in [0.2, 0.25) is 5.91 Å².